The lowest BCUT2D eigenvalue weighted by Crippen LogP contribution is -2.32. The maximum absolute atomic E-state index is 12.8. The Balaban J connectivity index is 1.40. The number of carbonyl (C=O) groups is 1. The van der Waals surface area contributed by atoms with Crippen LogP contribution >= 0.6 is 0 Å². The first-order valence-electron chi connectivity index (χ1n) is 10.6. The normalized spacial score (nSPS) is 16.2. The van der Waals surface area contributed by atoms with Crippen molar-refractivity contribution in [3.05, 3.63) is 36.4 Å². The second-order valence-electron chi connectivity index (χ2n) is 7.97. The molecule has 0 aliphatic carbocycles. The van der Waals surface area contributed by atoms with E-state index in [1.165, 1.54) is 6.33 Å². The number of amides is 1. The molecule has 1 aliphatic rings. The van der Waals surface area contributed by atoms with Crippen LogP contribution in [0.1, 0.15) is 29.5 Å². The number of aromatic nitrogens is 8. The second kappa shape index (κ2) is 7.74. The van der Waals surface area contributed by atoms with E-state index < -0.39 is 0 Å². The van der Waals surface area contributed by atoms with E-state index in [-0.39, 0.29) is 12.0 Å². The third-order valence-electron chi connectivity index (χ3n) is 6.01. The minimum Gasteiger partial charge on any atom is -0.471 e. The molecule has 1 saturated heterocycles. The molecule has 11 heteroatoms. The van der Waals surface area contributed by atoms with Crippen molar-refractivity contribution in [1.29, 1.82) is 0 Å². The predicted octanol–water partition coefficient (Wildman–Crippen LogP) is 1.58. The molecule has 0 unspecified atom stereocenters. The van der Waals surface area contributed by atoms with Gasteiger partial charge in [0.25, 0.3) is 5.91 Å². The standard InChI is InChI=1S/C21H25N9O2/c1-5-30-13(2)15(8-25-30)18-26-17-19(28(18)4)23-11-24-20(17)32-14-6-7-29(10-14)21(31)16-9-22-12-27(16)3/h8-9,11-12,14H,5-7,10H2,1-4H3/t14-/m0/s1. The van der Waals surface area contributed by atoms with Gasteiger partial charge in [0.1, 0.15) is 23.9 Å². The van der Waals surface area contributed by atoms with Crippen LogP contribution in [0.2, 0.25) is 0 Å². The highest BCUT2D eigenvalue weighted by molar-refractivity contribution is 5.92. The molecular formula is C21H25N9O2. The highest BCUT2D eigenvalue weighted by atomic mass is 16.5. The molecule has 4 aromatic rings. The number of hydrogen-bond acceptors (Lipinski definition) is 7. The molecule has 5 heterocycles. The molecule has 0 radical (unpaired) electrons. The lowest BCUT2D eigenvalue weighted by Gasteiger charge is -2.17. The summed E-state index contributed by atoms with van der Waals surface area (Å²) in [5, 5.41) is 4.43. The molecule has 0 aromatic carbocycles. The van der Waals surface area contributed by atoms with E-state index >= 15 is 0 Å². The molecule has 0 saturated carbocycles. The van der Waals surface area contributed by atoms with Gasteiger partial charge < -0.3 is 18.8 Å². The maximum atomic E-state index is 12.8. The van der Waals surface area contributed by atoms with Crippen LogP contribution in [0.3, 0.4) is 0 Å². The van der Waals surface area contributed by atoms with Crippen molar-refractivity contribution in [3.8, 4) is 17.3 Å². The lowest BCUT2D eigenvalue weighted by atomic mass is 10.2. The SMILES string of the molecule is CCn1ncc(-c2nc3c(O[C@H]4CCN(C(=O)c5cncn5C)C4)ncnc3n2C)c1C. The Morgan fingerprint density at radius 3 is 2.81 bits per heavy atom. The fraction of sp³-hybridized carbons (Fsp3) is 0.429. The molecule has 0 N–H and O–H groups in total. The van der Waals surface area contributed by atoms with Crippen LogP contribution < -0.4 is 4.74 Å². The van der Waals surface area contributed by atoms with E-state index in [4.69, 9.17) is 9.72 Å². The highest BCUT2D eigenvalue weighted by Gasteiger charge is 2.30. The van der Waals surface area contributed by atoms with E-state index in [9.17, 15) is 4.79 Å². The average molecular weight is 435 g/mol. The van der Waals surface area contributed by atoms with Crippen LogP contribution in [0.25, 0.3) is 22.6 Å². The van der Waals surface area contributed by atoms with Gasteiger partial charge in [0.2, 0.25) is 5.88 Å². The molecule has 1 amide bonds. The summed E-state index contributed by atoms with van der Waals surface area (Å²) in [6.45, 7) is 5.98. The zero-order chi connectivity index (χ0) is 22.4. The number of aryl methyl sites for hydroxylation is 3. The van der Waals surface area contributed by atoms with Gasteiger partial charge in [-0.2, -0.15) is 10.1 Å². The summed E-state index contributed by atoms with van der Waals surface area (Å²) in [6, 6.07) is 0. The van der Waals surface area contributed by atoms with E-state index in [0.29, 0.717) is 35.8 Å². The molecule has 5 rings (SSSR count). The summed E-state index contributed by atoms with van der Waals surface area (Å²) in [5.41, 5.74) is 3.85. The Hall–Kier alpha value is -3.76. The van der Waals surface area contributed by atoms with Crippen LogP contribution in [-0.2, 0) is 20.6 Å². The van der Waals surface area contributed by atoms with Crippen molar-refractivity contribution in [2.24, 2.45) is 14.1 Å². The monoisotopic (exact) mass is 435 g/mol. The van der Waals surface area contributed by atoms with Gasteiger partial charge in [0.05, 0.1) is 30.8 Å². The minimum atomic E-state index is -0.166. The van der Waals surface area contributed by atoms with E-state index in [1.54, 1.807) is 22.0 Å². The van der Waals surface area contributed by atoms with Crippen molar-refractivity contribution >= 4 is 17.1 Å². The Morgan fingerprint density at radius 1 is 1.25 bits per heavy atom. The molecule has 1 aliphatic heterocycles. The fourth-order valence-corrected chi connectivity index (χ4v) is 4.18. The fourth-order valence-electron chi connectivity index (χ4n) is 4.18. The van der Waals surface area contributed by atoms with E-state index in [0.717, 1.165) is 30.0 Å². The topological polar surface area (TPSA) is 109 Å². The first-order chi connectivity index (χ1) is 15.5. The maximum Gasteiger partial charge on any atom is 0.272 e. The smallest absolute Gasteiger partial charge is 0.272 e. The number of carbonyl (C=O) groups excluding carboxylic acids is 1. The van der Waals surface area contributed by atoms with E-state index in [2.05, 4.69) is 27.0 Å². The Kier molecular flexibility index (Phi) is 4.87. The number of ether oxygens (including phenoxy) is 1. The van der Waals surface area contributed by atoms with Crippen LogP contribution in [-0.4, -0.2) is 68.9 Å². The van der Waals surface area contributed by atoms with Crippen LogP contribution in [0, 0.1) is 6.92 Å². The summed E-state index contributed by atoms with van der Waals surface area (Å²) in [5.74, 6) is 1.15. The molecule has 32 heavy (non-hydrogen) atoms. The molecule has 1 atom stereocenters. The average Bonchev–Trinajstić information content (AvgIpc) is 3.56. The van der Waals surface area contributed by atoms with Gasteiger partial charge in [-0.25, -0.2) is 15.0 Å². The molecule has 0 bridgehead atoms. The number of rotatable bonds is 5. The summed E-state index contributed by atoms with van der Waals surface area (Å²) in [4.78, 5) is 32.2. The second-order valence-corrected chi connectivity index (χ2v) is 7.97. The predicted molar refractivity (Wildman–Crippen MR) is 116 cm³/mol. The summed E-state index contributed by atoms with van der Waals surface area (Å²) in [6.07, 6.45) is 7.07. The molecular weight excluding hydrogens is 410 g/mol. The number of imidazole rings is 2. The minimum absolute atomic E-state index is 0.0486. The van der Waals surface area contributed by atoms with Gasteiger partial charge in [-0.05, 0) is 13.8 Å². The number of nitrogens with zero attached hydrogens (tertiary/aromatic N) is 9. The molecule has 4 aromatic heterocycles. The van der Waals surface area contributed by atoms with Gasteiger partial charge in [-0.15, -0.1) is 0 Å². The zero-order valence-corrected chi connectivity index (χ0v) is 18.6. The quantitative estimate of drug-likeness (QED) is 0.468. The highest BCUT2D eigenvalue weighted by Crippen LogP contribution is 2.30. The first-order valence-corrected chi connectivity index (χ1v) is 10.6. The van der Waals surface area contributed by atoms with Gasteiger partial charge in [-0.3, -0.25) is 9.48 Å². The van der Waals surface area contributed by atoms with Crippen molar-refractivity contribution in [2.75, 3.05) is 13.1 Å². The largest absolute Gasteiger partial charge is 0.471 e. The molecule has 11 nitrogen and oxygen atoms in total. The summed E-state index contributed by atoms with van der Waals surface area (Å²) < 4.78 is 11.8. The zero-order valence-electron chi connectivity index (χ0n) is 18.6. The summed E-state index contributed by atoms with van der Waals surface area (Å²) in [7, 11) is 3.74. The van der Waals surface area contributed by atoms with Crippen LogP contribution in [0.5, 0.6) is 5.88 Å². The van der Waals surface area contributed by atoms with Crippen LogP contribution in [0.4, 0.5) is 0 Å². The number of likely N-dealkylation sites (tertiary alicyclic amines) is 1. The third kappa shape index (κ3) is 3.20. The Morgan fingerprint density at radius 2 is 2.09 bits per heavy atom. The third-order valence-corrected chi connectivity index (χ3v) is 6.01. The molecule has 0 spiro atoms. The summed E-state index contributed by atoms with van der Waals surface area (Å²) >= 11 is 0. The molecule has 166 valence electrons. The lowest BCUT2D eigenvalue weighted by molar-refractivity contribution is 0.0762. The Bertz CT molecular complexity index is 1300. The van der Waals surface area contributed by atoms with Gasteiger partial charge in [0, 0.05) is 39.3 Å². The number of fused-ring (bicyclic) bond motifs is 1. The van der Waals surface area contributed by atoms with E-state index in [1.807, 2.05) is 36.5 Å². The van der Waals surface area contributed by atoms with Crippen molar-refractivity contribution in [2.45, 2.75) is 32.9 Å². The number of hydrogen-bond donors (Lipinski definition) is 0. The molecule has 1 fully saturated rings. The first kappa shape index (κ1) is 20.2. The van der Waals surface area contributed by atoms with Gasteiger partial charge in [0.15, 0.2) is 11.2 Å². The van der Waals surface area contributed by atoms with Crippen molar-refractivity contribution < 1.29 is 9.53 Å². The van der Waals surface area contributed by atoms with Crippen molar-refractivity contribution in [1.82, 2.24) is 43.8 Å². The van der Waals surface area contributed by atoms with Gasteiger partial charge in [-0.1, -0.05) is 0 Å². The van der Waals surface area contributed by atoms with Gasteiger partial charge >= 0.3 is 0 Å². The van der Waals surface area contributed by atoms with Crippen LogP contribution in [0.15, 0.2) is 25.0 Å². The van der Waals surface area contributed by atoms with Crippen molar-refractivity contribution in [3.63, 3.8) is 0 Å². The Labute approximate surface area is 184 Å².